The first-order valence-corrected chi connectivity index (χ1v) is 7.96. The molecule has 0 amide bonds. The second-order valence-electron chi connectivity index (χ2n) is 5.38. The molecule has 0 aliphatic heterocycles. The van der Waals surface area contributed by atoms with Crippen LogP contribution in [0.15, 0.2) is 36.4 Å². The fourth-order valence-corrected chi connectivity index (χ4v) is 2.35. The molecule has 0 saturated heterocycles. The third-order valence-electron chi connectivity index (χ3n) is 3.35. The van der Waals surface area contributed by atoms with E-state index in [1.807, 2.05) is 0 Å². The molecule has 0 fully saturated rings. The molecule has 27 heavy (non-hydrogen) atoms. The zero-order valence-electron chi connectivity index (χ0n) is 14.9. The number of hydroxylamine groups is 1. The normalized spacial score (nSPS) is 10.5. The van der Waals surface area contributed by atoms with Gasteiger partial charge in [0.1, 0.15) is 12.4 Å². The average molecular weight is 406 g/mol. The Bertz CT molecular complexity index is 767. The van der Waals surface area contributed by atoms with E-state index in [0.29, 0.717) is 28.3 Å². The Kier molecular flexibility index (Phi) is 8.39. The maximum atomic E-state index is 13.0. The average Bonchev–Trinajstić information content (AvgIpc) is 2.59. The zero-order chi connectivity index (χ0) is 20.6. The monoisotopic (exact) mass is 405 g/mol. The van der Waals surface area contributed by atoms with Gasteiger partial charge in [0.05, 0.1) is 18.4 Å². The molecule has 0 aliphatic carbocycles. The Labute approximate surface area is 159 Å². The number of nitrogens with zero attached hydrogens (tertiary/aromatic N) is 1. The van der Waals surface area contributed by atoms with Crippen LogP contribution in [-0.4, -0.2) is 25.8 Å². The molecule has 0 bridgehead atoms. The molecule has 0 heterocycles. The minimum absolute atomic E-state index is 0.202. The van der Waals surface area contributed by atoms with Crippen LogP contribution in [0.1, 0.15) is 16.7 Å². The van der Waals surface area contributed by atoms with Crippen LogP contribution < -0.4 is 9.80 Å². The highest BCUT2D eigenvalue weighted by Gasteiger charge is 2.34. The molecular weight excluding hydrogens is 387 g/mol. The Morgan fingerprint density at radius 2 is 1.89 bits per heavy atom. The highest BCUT2D eigenvalue weighted by atomic mass is 35.5. The summed E-state index contributed by atoms with van der Waals surface area (Å²) in [7, 11) is 2.70. The second-order valence-corrected chi connectivity index (χ2v) is 5.79. The number of hydrogen-bond acceptors (Lipinski definition) is 5. The van der Waals surface area contributed by atoms with Gasteiger partial charge in [-0.05, 0) is 36.8 Å². The molecule has 0 radical (unpaired) electrons. The summed E-state index contributed by atoms with van der Waals surface area (Å²) < 4.78 is 48.3. The van der Waals surface area contributed by atoms with Crippen LogP contribution in [0.3, 0.4) is 0 Å². The van der Waals surface area contributed by atoms with E-state index in [2.05, 4.69) is 4.74 Å². The summed E-state index contributed by atoms with van der Waals surface area (Å²) in [6.07, 6.45) is -4.51. The number of carbonyl (C=O) groups excluding carboxylic acids is 1. The fraction of sp³-hybridized carbons (Fsp3) is 0.278. The number of carbonyl (C=O) groups is 1. The van der Waals surface area contributed by atoms with Crippen LogP contribution >= 0.6 is 11.6 Å². The van der Waals surface area contributed by atoms with Crippen molar-refractivity contribution >= 4 is 23.8 Å². The van der Waals surface area contributed by atoms with Crippen LogP contribution in [0, 0.1) is 6.92 Å². The predicted octanol–water partition coefficient (Wildman–Crippen LogP) is 4.86. The van der Waals surface area contributed by atoms with Crippen molar-refractivity contribution < 1.29 is 32.6 Å². The van der Waals surface area contributed by atoms with Gasteiger partial charge >= 0.3 is 6.18 Å². The van der Waals surface area contributed by atoms with Gasteiger partial charge in [-0.3, -0.25) is 15.1 Å². The van der Waals surface area contributed by atoms with Crippen LogP contribution in [0.25, 0.3) is 0 Å². The molecule has 0 aliphatic rings. The summed E-state index contributed by atoms with van der Waals surface area (Å²) in [5.41, 5.74) is 0.549. The zero-order valence-corrected chi connectivity index (χ0v) is 15.6. The molecule has 2 rings (SSSR count). The summed E-state index contributed by atoms with van der Waals surface area (Å²) in [6, 6.07) is 8.47. The molecule has 2 aromatic carbocycles. The van der Waals surface area contributed by atoms with Crippen molar-refractivity contribution in [3.63, 3.8) is 0 Å². The Balaban J connectivity index is 0.000000828. The van der Waals surface area contributed by atoms with E-state index >= 15 is 0 Å². The van der Waals surface area contributed by atoms with Crippen LogP contribution in [0.5, 0.6) is 5.75 Å². The molecule has 0 aromatic heterocycles. The van der Waals surface area contributed by atoms with Crippen LogP contribution in [0.4, 0.5) is 18.9 Å². The third-order valence-corrected chi connectivity index (χ3v) is 3.71. The first-order chi connectivity index (χ1) is 12.6. The Hall–Kier alpha value is -2.45. The van der Waals surface area contributed by atoms with Crippen LogP contribution in [-0.2, 0) is 22.3 Å². The largest absolute Gasteiger partial charge is 0.488 e. The van der Waals surface area contributed by atoms with Gasteiger partial charge in [-0.1, -0.05) is 23.7 Å². The van der Waals surface area contributed by atoms with Gasteiger partial charge in [-0.2, -0.15) is 13.2 Å². The van der Waals surface area contributed by atoms with E-state index in [-0.39, 0.29) is 12.4 Å². The lowest BCUT2D eigenvalue weighted by atomic mass is 10.1. The number of alkyl halides is 3. The highest BCUT2D eigenvalue weighted by Crippen LogP contribution is 2.37. The topological polar surface area (TPSA) is 59.0 Å². The highest BCUT2D eigenvalue weighted by molar-refractivity contribution is 6.31. The smallest absolute Gasteiger partial charge is 0.419 e. The summed E-state index contributed by atoms with van der Waals surface area (Å²) >= 11 is 6.06. The summed E-state index contributed by atoms with van der Waals surface area (Å²) in [5, 5.41) is 10.7. The SMILES string of the molecule is COC=O.Cc1ccc(C(F)(F)F)c(OCc2c(Cl)cccc2N(C)O)c1. The maximum absolute atomic E-state index is 13.0. The fourth-order valence-electron chi connectivity index (χ4n) is 2.13. The number of ether oxygens (including phenoxy) is 2. The Morgan fingerprint density at radius 3 is 2.41 bits per heavy atom. The van der Waals surface area contributed by atoms with Crippen LogP contribution in [0.2, 0.25) is 5.02 Å². The molecular formula is C18H19ClF3NO4. The molecule has 5 nitrogen and oxygen atoms in total. The third kappa shape index (κ3) is 6.65. The summed E-state index contributed by atoms with van der Waals surface area (Å²) in [4.78, 5) is 8.95. The quantitative estimate of drug-likeness (QED) is 0.568. The molecule has 9 heteroatoms. The van der Waals surface area contributed by atoms with Gasteiger partial charge in [0.2, 0.25) is 0 Å². The predicted molar refractivity (Wildman–Crippen MR) is 95.2 cm³/mol. The summed E-state index contributed by atoms with van der Waals surface area (Å²) in [6.45, 7) is 1.85. The summed E-state index contributed by atoms with van der Waals surface area (Å²) in [5.74, 6) is -0.274. The van der Waals surface area contributed by atoms with Gasteiger partial charge in [0.15, 0.2) is 0 Å². The van der Waals surface area contributed by atoms with Gasteiger partial charge in [0.25, 0.3) is 6.47 Å². The second kappa shape index (κ2) is 10.0. The number of benzene rings is 2. The van der Waals surface area contributed by atoms with Gasteiger partial charge in [-0.25, -0.2) is 0 Å². The number of halogens is 4. The van der Waals surface area contributed by atoms with Crippen molar-refractivity contribution in [3.8, 4) is 5.75 Å². The lowest BCUT2D eigenvalue weighted by molar-refractivity contribution is -0.139. The van der Waals surface area contributed by atoms with Gasteiger partial charge in [-0.15, -0.1) is 0 Å². The van der Waals surface area contributed by atoms with Crippen molar-refractivity contribution in [2.45, 2.75) is 19.7 Å². The van der Waals surface area contributed by atoms with Gasteiger partial charge < -0.3 is 9.47 Å². The van der Waals surface area contributed by atoms with E-state index in [0.717, 1.165) is 11.1 Å². The van der Waals surface area contributed by atoms with Crippen molar-refractivity contribution in [2.24, 2.45) is 0 Å². The Morgan fingerprint density at radius 1 is 1.26 bits per heavy atom. The maximum Gasteiger partial charge on any atom is 0.419 e. The molecule has 0 unspecified atom stereocenters. The molecule has 0 atom stereocenters. The van der Waals surface area contributed by atoms with Crippen molar-refractivity contribution in [3.05, 3.63) is 58.1 Å². The number of anilines is 1. The van der Waals surface area contributed by atoms with E-state index in [4.69, 9.17) is 21.1 Å². The number of aryl methyl sites for hydroxylation is 1. The standard InChI is InChI=1S/C16H15ClF3NO2.C2H4O2/c1-10-6-7-12(16(18,19)20)15(8-10)23-9-11-13(17)4-3-5-14(11)21(2)22;1-4-2-3/h3-8,22H,9H2,1-2H3;2H,1H3. The number of methoxy groups -OCH3 is 1. The van der Waals surface area contributed by atoms with E-state index < -0.39 is 11.7 Å². The van der Waals surface area contributed by atoms with E-state index in [9.17, 15) is 18.4 Å². The van der Waals surface area contributed by atoms with Crippen molar-refractivity contribution in [1.29, 1.82) is 0 Å². The lowest BCUT2D eigenvalue weighted by Crippen LogP contribution is -2.14. The van der Waals surface area contributed by atoms with Crippen molar-refractivity contribution in [2.75, 3.05) is 19.2 Å². The number of rotatable bonds is 5. The molecule has 148 valence electrons. The molecule has 2 aromatic rings. The van der Waals surface area contributed by atoms with E-state index in [1.165, 1.54) is 26.3 Å². The van der Waals surface area contributed by atoms with Crippen molar-refractivity contribution in [1.82, 2.24) is 0 Å². The first kappa shape index (κ1) is 22.6. The molecule has 0 saturated carbocycles. The molecule has 1 N–H and O–H groups in total. The molecule has 0 spiro atoms. The lowest BCUT2D eigenvalue weighted by Gasteiger charge is -2.19. The first-order valence-electron chi connectivity index (χ1n) is 7.58. The van der Waals surface area contributed by atoms with Gasteiger partial charge in [0, 0.05) is 17.6 Å². The minimum atomic E-state index is -4.51. The number of hydrogen-bond donors (Lipinski definition) is 1. The minimum Gasteiger partial charge on any atom is -0.488 e. The van der Waals surface area contributed by atoms with E-state index in [1.54, 1.807) is 25.1 Å².